The topological polar surface area (TPSA) is 52.7 Å². The number of benzene rings is 1. The molecule has 5 nitrogen and oxygen atoms in total. The zero-order valence-corrected chi connectivity index (χ0v) is 17.0. The molecule has 0 atom stereocenters. The number of piperidine rings is 2. The lowest BCUT2D eigenvalue weighted by atomic mass is 9.89. The summed E-state index contributed by atoms with van der Waals surface area (Å²) in [6.45, 7) is 3.93. The van der Waals surface area contributed by atoms with Crippen molar-refractivity contribution in [1.82, 2.24) is 15.1 Å². The minimum atomic E-state index is 0.0491. The molecule has 1 aromatic carbocycles. The first-order chi connectivity index (χ1) is 13.6. The molecule has 1 aliphatic carbocycles. The van der Waals surface area contributed by atoms with Crippen LogP contribution in [0.3, 0.4) is 0 Å². The molecule has 2 saturated heterocycles. The monoisotopic (exact) mass is 383 g/mol. The Balaban J connectivity index is 1.23. The van der Waals surface area contributed by atoms with Crippen molar-refractivity contribution >= 4 is 11.8 Å². The molecular weight excluding hydrogens is 350 g/mol. The normalized spacial score (nSPS) is 22.2. The van der Waals surface area contributed by atoms with Gasteiger partial charge in [-0.2, -0.15) is 0 Å². The van der Waals surface area contributed by atoms with Gasteiger partial charge in [-0.3, -0.25) is 9.59 Å². The van der Waals surface area contributed by atoms with E-state index >= 15 is 0 Å². The third kappa shape index (κ3) is 4.93. The summed E-state index contributed by atoms with van der Waals surface area (Å²) < 4.78 is 0. The summed E-state index contributed by atoms with van der Waals surface area (Å²) in [5, 5.41) is 3.18. The van der Waals surface area contributed by atoms with Crippen molar-refractivity contribution in [2.75, 3.05) is 33.2 Å². The van der Waals surface area contributed by atoms with E-state index in [1.807, 2.05) is 12.1 Å². The summed E-state index contributed by atoms with van der Waals surface area (Å²) in [5.41, 5.74) is 2.05. The van der Waals surface area contributed by atoms with Gasteiger partial charge in [-0.05, 0) is 88.7 Å². The molecule has 1 saturated carbocycles. The van der Waals surface area contributed by atoms with Gasteiger partial charge in [0.1, 0.15) is 0 Å². The molecule has 0 bridgehead atoms. The minimum absolute atomic E-state index is 0.0491. The lowest BCUT2D eigenvalue weighted by Gasteiger charge is -2.32. The number of hydrogen-bond acceptors (Lipinski definition) is 3. The van der Waals surface area contributed by atoms with Crippen LogP contribution >= 0.6 is 0 Å². The van der Waals surface area contributed by atoms with E-state index in [9.17, 15) is 9.59 Å². The second-order valence-electron chi connectivity index (χ2n) is 8.99. The van der Waals surface area contributed by atoms with Crippen molar-refractivity contribution in [2.45, 2.75) is 51.0 Å². The van der Waals surface area contributed by atoms with Crippen molar-refractivity contribution < 1.29 is 9.59 Å². The number of rotatable bonds is 5. The molecular formula is C23H33N3O2. The molecule has 28 heavy (non-hydrogen) atoms. The average Bonchev–Trinajstić information content (AvgIpc) is 3.56. The van der Waals surface area contributed by atoms with Crippen LogP contribution in [0.5, 0.6) is 0 Å². The van der Waals surface area contributed by atoms with Gasteiger partial charge >= 0.3 is 0 Å². The third-order valence-corrected chi connectivity index (χ3v) is 6.65. The van der Waals surface area contributed by atoms with E-state index in [2.05, 4.69) is 34.3 Å². The Bertz CT molecular complexity index is 682. The molecule has 1 N–H and O–H groups in total. The van der Waals surface area contributed by atoms with E-state index in [0.29, 0.717) is 23.8 Å². The summed E-state index contributed by atoms with van der Waals surface area (Å²) in [5.74, 6) is 1.42. The Morgan fingerprint density at radius 2 is 1.57 bits per heavy atom. The van der Waals surface area contributed by atoms with Crippen LogP contribution in [0, 0.1) is 11.8 Å². The van der Waals surface area contributed by atoms with Crippen LogP contribution in [0.25, 0.3) is 0 Å². The summed E-state index contributed by atoms with van der Waals surface area (Å²) in [6.07, 6.45) is 7.48. The molecule has 3 fully saturated rings. The number of nitrogens with one attached hydrogen (secondary N) is 1. The van der Waals surface area contributed by atoms with E-state index in [0.717, 1.165) is 76.7 Å². The fraction of sp³-hybridized carbons (Fsp3) is 0.652. The number of nitrogens with zero attached hydrogens (tertiary/aromatic N) is 2. The molecule has 0 unspecified atom stereocenters. The van der Waals surface area contributed by atoms with Gasteiger partial charge in [-0.1, -0.05) is 12.1 Å². The second kappa shape index (κ2) is 8.64. The van der Waals surface area contributed by atoms with Gasteiger partial charge in [0, 0.05) is 30.6 Å². The summed E-state index contributed by atoms with van der Waals surface area (Å²) in [6, 6.07) is 8.43. The number of likely N-dealkylation sites (tertiary alicyclic amines) is 2. The van der Waals surface area contributed by atoms with Crippen molar-refractivity contribution in [3.05, 3.63) is 35.4 Å². The van der Waals surface area contributed by atoms with Gasteiger partial charge in [-0.25, -0.2) is 0 Å². The van der Waals surface area contributed by atoms with Crippen LogP contribution in [0.4, 0.5) is 0 Å². The Morgan fingerprint density at radius 1 is 0.929 bits per heavy atom. The molecule has 3 aliphatic rings. The van der Waals surface area contributed by atoms with Crippen LogP contribution in [0.2, 0.25) is 0 Å². The lowest BCUT2D eigenvalue weighted by molar-refractivity contribution is -0.133. The highest BCUT2D eigenvalue weighted by molar-refractivity contribution is 5.94. The molecule has 5 heteroatoms. The van der Waals surface area contributed by atoms with Crippen molar-refractivity contribution in [3.63, 3.8) is 0 Å². The number of hydrogen-bond donors (Lipinski definition) is 1. The molecule has 2 heterocycles. The highest BCUT2D eigenvalue weighted by Crippen LogP contribution is 2.33. The highest BCUT2D eigenvalue weighted by atomic mass is 16.2. The Hall–Kier alpha value is -1.88. The van der Waals surface area contributed by atoms with Gasteiger partial charge in [0.15, 0.2) is 0 Å². The van der Waals surface area contributed by atoms with Crippen LogP contribution < -0.4 is 5.32 Å². The predicted molar refractivity (Wildman–Crippen MR) is 110 cm³/mol. The first kappa shape index (κ1) is 19.4. The van der Waals surface area contributed by atoms with Crippen molar-refractivity contribution in [1.29, 1.82) is 0 Å². The summed E-state index contributed by atoms with van der Waals surface area (Å²) in [7, 11) is 2.13. The van der Waals surface area contributed by atoms with Gasteiger partial charge in [0.05, 0.1) is 0 Å². The second-order valence-corrected chi connectivity index (χ2v) is 8.99. The van der Waals surface area contributed by atoms with E-state index in [4.69, 9.17) is 0 Å². The van der Waals surface area contributed by atoms with Gasteiger partial charge in [0.25, 0.3) is 5.91 Å². The Labute approximate surface area is 168 Å². The molecule has 2 amide bonds. The number of carbonyl (C=O) groups is 2. The van der Waals surface area contributed by atoms with Gasteiger partial charge in [0.2, 0.25) is 5.91 Å². The zero-order chi connectivity index (χ0) is 19.5. The van der Waals surface area contributed by atoms with E-state index in [1.54, 1.807) is 0 Å². The standard InChI is InChI=1S/C23H33N3O2/c1-25-12-10-21(11-13-25)24-22(27)19-4-2-17(3-5-19)16-18-8-14-26(15-9-18)23(28)20-6-7-20/h2-5,18,20-21H,6-16H2,1H3,(H,24,27). The maximum absolute atomic E-state index is 12.5. The zero-order valence-electron chi connectivity index (χ0n) is 17.0. The van der Waals surface area contributed by atoms with Crippen LogP contribution in [-0.4, -0.2) is 60.9 Å². The van der Waals surface area contributed by atoms with Gasteiger partial charge in [-0.15, -0.1) is 0 Å². The van der Waals surface area contributed by atoms with Crippen LogP contribution in [0.1, 0.15) is 54.4 Å². The lowest BCUT2D eigenvalue weighted by Crippen LogP contribution is -2.43. The Kier molecular flexibility index (Phi) is 6.00. The van der Waals surface area contributed by atoms with Crippen molar-refractivity contribution in [2.24, 2.45) is 11.8 Å². The van der Waals surface area contributed by atoms with Crippen LogP contribution in [0.15, 0.2) is 24.3 Å². The predicted octanol–water partition coefficient (Wildman–Crippen LogP) is 2.70. The minimum Gasteiger partial charge on any atom is -0.349 e. The first-order valence-electron chi connectivity index (χ1n) is 11.0. The summed E-state index contributed by atoms with van der Waals surface area (Å²) >= 11 is 0. The third-order valence-electron chi connectivity index (χ3n) is 6.65. The first-order valence-corrected chi connectivity index (χ1v) is 11.0. The average molecular weight is 384 g/mol. The smallest absolute Gasteiger partial charge is 0.251 e. The number of carbonyl (C=O) groups excluding carboxylic acids is 2. The fourth-order valence-electron chi connectivity index (χ4n) is 4.49. The van der Waals surface area contributed by atoms with E-state index < -0.39 is 0 Å². The molecule has 1 aromatic rings. The van der Waals surface area contributed by atoms with Gasteiger partial charge < -0.3 is 15.1 Å². The molecule has 0 spiro atoms. The highest BCUT2D eigenvalue weighted by Gasteiger charge is 2.34. The Morgan fingerprint density at radius 3 is 2.18 bits per heavy atom. The maximum atomic E-state index is 12.5. The van der Waals surface area contributed by atoms with E-state index in [1.165, 1.54) is 5.56 Å². The maximum Gasteiger partial charge on any atom is 0.251 e. The molecule has 0 aromatic heterocycles. The SMILES string of the molecule is CN1CCC(NC(=O)c2ccc(CC3CCN(C(=O)C4CC4)CC3)cc2)CC1. The fourth-order valence-corrected chi connectivity index (χ4v) is 4.49. The summed E-state index contributed by atoms with van der Waals surface area (Å²) in [4.78, 5) is 29.0. The molecule has 4 rings (SSSR count). The van der Waals surface area contributed by atoms with E-state index in [-0.39, 0.29) is 5.91 Å². The van der Waals surface area contributed by atoms with Crippen LogP contribution in [-0.2, 0) is 11.2 Å². The quantitative estimate of drug-likeness (QED) is 0.851. The van der Waals surface area contributed by atoms with Crippen molar-refractivity contribution in [3.8, 4) is 0 Å². The largest absolute Gasteiger partial charge is 0.349 e. The molecule has 0 radical (unpaired) electrons. The molecule has 2 aliphatic heterocycles. The molecule has 152 valence electrons. The number of amides is 2.